The molecule has 0 bridgehead atoms. The molecule has 3 rings (SSSR count). The highest BCUT2D eigenvalue weighted by atomic mass is 16.6. The lowest BCUT2D eigenvalue weighted by atomic mass is 10.0. The summed E-state index contributed by atoms with van der Waals surface area (Å²) in [5.41, 5.74) is 3.72. The summed E-state index contributed by atoms with van der Waals surface area (Å²) in [7, 11) is 3.98. The van der Waals surface area contributed by atoms with E-state index in [-0.39, 0.29) is 12.0 Å². The number of carbonyl (C=O) groups excluding carboxylic acids is 2. The molecule has 0 aliphatic carbocycles. The maximum absolute atomic E-state index is 12.1. The first-order valence-corrected chi connectivity index (χ1v) is 10.1. The number of ether oxygens (including phenoxy) is 1. The van der Waals surface area contributed by atoms with Gasteiger partial charge in [-0.25, -0.2) is 4.79 Å². The van der Waals surface area contributed by atoms with Gasteiger partial charge in [-0.05, 0) is 49.3 Å². The maximum atomic E-state index is 12.1. The normalized spacial score (nSPS) is 17.2. The van der Waals surface area contributed by atoms with Gasteiger partial charge in [-0.15, -0.1) is 0 Å². The van der Waals surface area contributed by atoms with Gasteiger partial charge in [-0.1, -0.05) is 36.4 Å². The molecule has 1 aliphatic heterocycles. The van der Waals surface area contributed by atoms with Gasteiger partial charge in [0.2, 0.25) is 5.91 Å². The Morgan fingerprint density at radius 2 is 1.77 bits per heavy atom. The molecule has 1 heterocycles. The first-order valence-electron chi connectivity index (χ1n) is 10.1. The lowest BCUT2D eigenvalue weighted by Gasteiger charge is -2.15. The van der Waals surface area contributed by atoms with E-state index in [9.17, 15) is 14.7 Å². The van der Waals surface area contributed by atoms with E-state index in [0.717, 1.165) is 28.9 Å². The van der Waals surface area contributed by atoms with E-state index >= 15 is 0 Å². The Kier molecular flexibility index (Phi) is 7.07. The van der Waals surface area contributed by atoms with Crippen LogP contribution >= 0.6 is 0 Å². The highest BCUT2D eigenvalue weighted by molar-refractivity contribution is 5.90. The SMILES string of the molecule is CC(=O)NCC1CN(c2ccc(-c3ccc(C(O)CCN(C)C)cc3)cc2)C(=O)O1. The molecule has 0 saturated carbocycles. The fraction of sp³-hybridized carbons (Fsp3) is 0.391. The third-order valence-corrected chi connectivity index (χ3v) is 5.11. The fourth-order valence-electron chi connectivity index (χ4n) is 3.37. The number of aliphatic hydroxyl groups excluding tert-OH is 1. The molecule has 2 unspecified atom stereocenters. The summed E-state index contributed by atoms with van der Waals surface area (Å²) in [4.78, 5) is 26.8. The van der Waals surface area contributed by atoms with Crippen LogP contribution in [0.15, 0.2) is 48.5 Å². The molecule has 30 heavy (non-hydrogen) atoms. The van der Waals surface area contributed by atoms with E-state index < -0.39 is 12.2 Å². The summed E-state index contributed by atoms with van der Waals surface area (Å²) < 4.78 is 5.31. The van der Waals surface area contributed by atoms with Crippen molar-refractivity contribution in [2.75, 3.05) is 38.6 Å². The van der Waals surface area contributed by atoms with Crippen LogP contribution in [0.3, 0.4) is 0 Å². The summed E-state index contributed by atoms with van der Waals surface area (Å²) in [6.45, 7) is 2.97. The van der Waals surface area contributed by atoms with Gasteiger partial charge in [0, 0.05) is 19.2 Å². The Bertz CT molecular complexity index is 865. The minimum Gasteiger partial charge on any atom is -0.442 e. The van der Waals surface area contributed by atoms with Crippen LogP contribution in [0.5, 0.6) is 0 Å². The largest absolute Gasteiger partial charge is 0.442 e. The number of hydrogen-bond acceptors (Lipinski definition) is 5. The smallest absolute Gasteiger partial charge is 0.414 e. The average Bonchev–Trinajstić information content (AvgIpc) is 3.11. The first-order chi connectivity index (χ1) is 14.3. The predicted octanol–water partition coefficient (Wildman–Crippen LogP) is 2.80. The summed E-state index contributed by atoms with van der Waals surface area (Å²) in [5.74, 6) is -0.148. The van der Waals surface area contributed by atoms with E-state index in [1.54, 1.807) is 4.90 Å². The van der Waals surface area contributed by atoms with Gasteiger partial charge in [0.25, 0.3) is 0 Å². The molecule has 2 N–H and O–H groups in total. The topological polar surface area (TPSA) is 82.1 Å². The summed E-state index contributed by atoms with van der Waals surface area (Å²) in [6.07, 6.45) is -0.548. The van der Waals surface area contributed by atoms with Gasteiger partial charge < -0.3 is 20.1 Å². The van der Waals surface area contributed by atoms with Crippen LogP contribution in [0.2, 0.25) is 0 Å². The molecule has 7 heteroatoms. The van der Waals surface area contributed by atoms with Crippen molar-refractivity contribution in [2.24, 2.45) is 0 Å². The van der Waals surface area contributed by atoms with Gasteiger partial charge in [0.1, 0.15) is 6.10 Å². The van der Waals surface area contributed by atoms with E-state index in [1.807, 2.05) is 62.6 Å². The van der Waals surface area contributed by atoms with Crippen molar-refractivity contribution in [3.63, 3.8) is 0 Å². The van der Waals surface area contributed by atoms with Crippen LogP contribution in [0, 0.1) is 0 Å². The zero-order valence-electron chi connectivity index (χ0n) is 17.7. The Morgan fingerprint density at radius 3 is 2.33 bits per heavy atom. The molecule has 7 nitrogen and oxygen atoms in total. The monoisotopic (exact) mass is 411 g/mol. The number of carbonyl (C=O) groups is 2. The molecule has 2 amide bonds. The first kappa shape index (κ1) is 21.8. The van der Waals surface area contributed by atoms with Crippen LogP contribution < -0.4 is 10.2 Å². The number of aliphatic hydroxyl groups is 1. The number of hydrogen-bond donors (Lipinski definition) is 2. The molecule has 0 aromatic heterocycles. The molecule has 1 aliphatic rings. The zero-order chi connectivity index (χ0) is 21.7. The second kappa shape index (κ2) is 9.73. The van der Waals surface area contributed by atoms with Crippen LogP contribution in [0.4, 0.5) is 10.5 Å². The second-order valence-electron chi connectivity index (χ2n) is 7.83. The molecule has 1 fully saturated rings. The molecular weight excluding hydrogens is 382 g/mol. The van der Waals surface area contributed by atoms with Crippen molar-refractivity contribution in [3.05, 3.63) is 54.1 Å². The van der Waals surface area contributed by atoms with Gasteiger partial charge in [-0.2, -0.15) is 0 Å². The molecule has 1 saturated heterocycles. The van der Waals surface area contributed by atoms with Crippen molar-refractivity contribution in [3.8, 4) is 11.1 Å². The van der Waals surface area contributed by atoms with Crippen molar-refractivity contribution in [1.82, 2.24) is 10.2 Å². The third kappa shape index (κ3) is 5.58. The van der Waals surface area contributed by atoms with Crippen molar-refractivity contribution in [2.45, 2.75) is 25.6 Å². The van der Waals surface area contributed by atoms with Gasteiger partial charge >= 0.3 is 6.09 Å². The molecule has 2 atom stereocenters. The molecule has 0 radical (unpaired) electrons. The number of benzene rings is 2. The quantitative estimate of drug-likeness (QED) is 0.698. The Morgan fingerprint density at radius 1 is 1.17 bits per heavy atom. The number of amides is 2. The number of anilines is 1. The van der Waals surface area contributed by atoms with Crippen molar-refractivity contribution in [1.29, 1.82) is 0 Å². The lowest BCUT2D eigenvalue weighted by Crippen LogP contribution is -2.33. The molecular formula is C23H29N3O4. The van der Waals surface area contributed by atoms with Crippen molar-refractivity contribution >= 4 is 17.7 Å². The van der Waals surface area contributed by atoms with E-state index in [0.29, 0.717) is 19.5 Å². The van der Waals surface area contributed by atoms with Crippen LogP contribution in [-0.2, 0) is 9.53 Å². The van der Waals surface area contributed by atoms with Crippen LogP contribution in [0.1, 0.15) is 25.0 Å². The van der Waals surface area contributed by atoms with E-state index in [2.05, 4.69) is 10.2 Å². The van der Waals surface area contributed by atoms with E-state index in [4.69, 9.17) is 4.74 Å². The van der Waals surface area contributed by atoms with Gasteiger partial charge in [-0.3, -0.25) is 9.69 Å². The Hall–Kier alpha value is -2.90. The lowest BCUT2D eigenvalue weighted by molar-refractivity contribution is -0.119. The van der Waals surface area contributed by atoms with Crippen LogP contribution in [-0.4, -0.2) is 61.8 Å². The third-order valence-electron chi connectivity index (χ3n) is 5.11. The zero-order valence-corrected chi connectivity index (χ0v) is 17.7. The fourth-order valence-corrected chi connectivity index (χ4v) is 3.37. The Labute approximate surface area is 177 Å². The number of nitrogens with one attached hydrogen (secondary N) is 1. The Balaban J connectivity index is 1.63. The maximum Gasteiger partial charge on any atom is 0.414 e. The average molecular weight is 412 g/mol. The highest BCUT2D eigenvalue weighted by Gasteiger charge is 2.32. The minimum atomic E-state index is -0.476. The molecule has 160 valence electrons. The van der Waals surface area contributed by atoms with Gasteiger partial charge in [0.15, 0.2) is 0 Å². The predicted molar refractivity (Wildman–Crippen MR) is 116 cm³/mol. The highest BCUT2D eigenvalue weighted by Crippen LogP contribution is 2.27. The molecule has 2 aromatic rings. The van der Waals surface area contributed by atoms with Gasteiger partial charge in [0.05, 0.1) is 19.2 Å². The standard InChI is InChI=1S/C23H29N3O4/c1-16(27)24-14-21-15-26(23(29)30-21)20-10-8-18(9-11-20)17-4-6-19(7-5-17)22(28)12-13-25(2)3/h4-11,21-22,28H,12-15H2,1-3H3,(H,24,27). The van der Waals surface area contributed by atoms with Crippen molar-refractivity contribution < 1.29 is 19.4 Å². The summed E-state index contributed by atoms with van der Waals surface area (Å²) in [5, 5.41) is 13.0. The van der Waals surface area contributed by atoms with Crippen LogP contribution in [0.25, 0.3) is 11.1 Å². The minimum absolute atomic E-state index is 0.148. The molecule has 2 aromatic carbocycles. The number of cyclic esters (lactones) is 1. The summed E-state index contributed by atoms with van der Waals surface area (Å²) in [6, 6.07) is 15.6. The molecule has 0 spiro atoms. The number of rotatable bonds is 8. The number of nitrogens with zero attached hydrogens (tertiary/aromatic N) is 2. The van der Waals surface area contributed by atoms with E-state index in [1.165, 1.54) is 6.92 Å². The summed E-state index contributed by atoms with van der Waals surface area (Å²) >= 11 is 0. The second-order valence-corrected chi connectivity index (χ2v) is 7.83.